The Hall–Kier alpha value is -1.86. The minimum Gasteiger partial charge on any atom is -0.368 e. The smallest absolute Gasteiger partial charge is 0.131 e. The highest BCUT2D eigenvalue weighted by Gasteiger charge is 2.16. The van der Waals surface area contributed by atoms with E-state index in [9.17, 15) is 9.65 Å². The van der Waals surface area contributed by atoms with Crippen molar-refractivity contribution in [1.29, 1.82) is 5.26 Å². The summed E-state index contributed by atoms with van der Waals surface area (Å²) in [5.74, 6) is -0.336. The van der Waals surface area contributed by atoms with Crippen LogP contribution in [0.25, 0.3) is 6.08 Å². The van der Waals surface area contributed by atoms with Crippen molar-refractivity contribution in [2.24, 2.45) is 0 Å². The molecule has 100 valence electrons. The van der Waals surface area contributed by atoms with Crippen molar-refractivity contribution in [3.8, 4) is 6.07 Å². The average molecular weight is 259 g/mol. The van der Waals surface area contributed by atoms with Crippen molar-refractivity contribution in [1.82, 2.24) is 5.32 Å². The fraction of sp³-hybridized carbons (Fsp3) is 0.400. The van der Waals surface area contributed by atoms with E-state index in [1.807, 2.05) is 19.9 Å². The van der Waals surface area contributed by atoms with Crippen LogP contribution < -0.4 is 10.2 Å². The summed E-state index contributed by atoms with van der Waals surface area (Å²) in [6.07, 6.45) is 1.81. The number of nitrogens with zero attached hydrogens (tertiary/aromatic N) is 2. The molecular weight excluding hydrogens is 241 g/mol. The van der Waals surface area contributed by atoms with Gasteiger partial charge < -0.3 is 10.2 Å². The Morgan fingerprint density at radius 1 is 1.37 bits per heavy atom. The van der Waals surface area contributed by atoms with Crippen LogP contribution in [0.2, 0.25) is 0 Å². The normalized spacial score (nSPS) is 14.9. The van der Waals surface area contributed by atoms with Crippen LogP contribution in [0.5, 0.6) is 0 Å². The summed E-state index contributed by atoms with van der Waals surface area (Å²) < 4.78 is 13.9. The Morgan fingerprint density at radius 3 is 2.63 bits per heavy atom. The van der Waals surface area contributed by atoms with E-state index in [0.29, 0.717) is 11.1 Å². The third kappa shape index (κ3) is 3.12. The lowest BCUT2D eigenvalue weighted by molar-refractivity contribution is 0.587. The molecule has 1 fully saturated rings. The largest absolute Gasteiger partial charge is 0.368 e. The first-order valence-corrected chi connectivity index (χ1v) is 6.46. The molecule has 1 aliphatic rings. The summed E-state index contributed by atoms with van der Waals surface area (Å²) in [7, 11) is 0. The molecule has 1 aliphatic heterocycles. The van der Waals surface area contributed by atoms with Crippen LogP contribution in [0.15, 0.2) is 17.7 Å². The van der Waals surface area contributed by atoms with Gasteiger partial charge in [-0.2, -0.15) is 5.26 Å². The highest BCUT2D eigenvalue weighted by molar-refractivity contribution is 5.67. The quantitative estimate of drug-likeness (QED) is 0.887. The van der Waals surface area contributed by atoms with Crippen molar-refractivity contribution in [2.45, 2.75) is 13.8 Å². The van der Waals surface area contributed by atoms with Gasteiger partial charge in [0.25, 0.3) is 0 Å². The van der Waals surface area contributed by atoms with Crippen molar-refractivity contribution >= 4 is 11.8 Å². The Labute approximate surface area is 113 Å². The van der Waals surface area contributed by atoms with Gasteiger partial charge in [-0.3, -0.25) is 0 Å². The highest BCUT2D eigenvalue weighted by Crippen LogP contribution is 2.26. The van der Waals surface area contributed by atoms with Gasteiger partial charge in [-0.05, 0) is 26.0 Å². The number of halogens is 1. The Bertz CT molecular complexity index is 533. The molecule has 1 heterocycles. The molecule has 0 radical (unpaired) electrons. The second-order valence-corrected chi connectivity index (χ2v) is 4.96. The topological polar surface area (TPSA) is 39.1 Å². The van der Waals surface area contributed by atoms with Crippen LogP contribution in [0.4, 0.5) is 10.1 Å². The maximum absolute atomic E-state index is 13.9. The molecule has 0 aromatic heterocycles. The van der Waals surface area contributed by atoms with Gasteiger partial charge in [0.15, 0.2) is 0 Å². The highest BCUT2D eigenvalue weighted by atomic mass is 19.1. The zero-order chi connectivity index (χ0) is 13.8. The standard InChI is InChI=1S/C15H18FN3/c1-11(2)7-12-9-15(13(10-17)8-14(12)16)19-5-3-18-4-6-19/h7-9,18H,3-6H2,1-2H3. The van der Waals surface area contributed by atoms with E-state index in [1.54, 1.807) is 6.07 Å². The number of hydrogen-bond acceptors (Lipinski definition) is 3. The number of nitriles is 1. The second kappa shape index (κ2) is 5.85. The molecule has 0 spiro atoms. The lowest BCUT2D eigenvalue weighted by Gasteiger charge is -2.30. The van der Waals surface area contributed by atoms with E-state index in [4.69, 9.17) is 0 Å². The van der Waals surface area contributed by atoms with E-state index < -0.39 is 0 Å². The monoisotopic (exact) mass is 259 g/mol. The Kier molecular flexibility index (Phi) is 4.18. The van der Waals surface area contributed by atoms with E-state index >= 15 is 0 Å². The summed E-state index contributed by atoms with van der Waals surface area (Å²) in [5.41, 5.74) is 2.82. The number of nitrogens with one attached hydrogen (secondary N) is 1. The molecule has 1 N–H and O–H groups in total. The van der Waals surface area contributed by atoms with Crippen LogP contribution >= 0.6 is 0 Å². The summed E-state index contributed by atoms with van der Waals surface area (Å²) in [6.45, 7) is 7.33. The second-order valence-electron chi connectivity index (χ2n) is 4.96. The van der Waals surface area contributed by atoms with Gasteiger partial charge in [-0.1, -0.05) is 11.6 Å². The molecule has 3 nitrogen and oxygen atoms in total. The van der Waals surface area contributed by atoms with Gasteiger partial charge in [0, 0.05) is 31.7 Å². The number of hydrogen-bond donors (Lipinski definition) is 1. The zero-order valence-corrected chi connectivity index (χ0v) is 11.3. The third-order valence-electron chi connectivity index (χ3n) is 3.14. The number of rotatable bonds is 2. The molecule has 0 atom stereocenters. The fourth-order valence-corrected chi connectivity index (χ4v) is 2.26. The molecule has 4 heteroatoms. The van der Waals surface area contributed by atoms with E-state index in [1.165, 1.54) is 6.07 Å². The van der Waals surface area contributed by atoms with E-state index in [-0.39, 0.29) is 5.82 Å². The Balaban J connectivity index is 2.45. The molecule has 19 heavy (non-hydrogen) atoms. The summed E-state index contributed by atoms with van der Waals surface area (Å²) >= 11 is 0. The maximum atomic E-state index is 13.9. The van der Waals surface area contributed by atoms with Crippen molar-refractivity contribution in [2.75, 3.05) is 31.1 Å². The molecule has 0 aliphatic carbocycles. The third-order valence-corrected chi connectivity index (χ3v) is 3.14. The first-order valence-electron chi connectivity index (χ1n) is 6.46. The molecule has 2 rings (SSSR count). The molecule has 0 saturated carbocycles. The van der Waals surface area contributed by atoms with Gasteiger partial charge in [0.05, 0.1) is 11.3 Å². The summed E-state index contributed by atoms with van der Waals surface area (Å²) in [4.78, 5) is 2.14. The predicted octanol–water partition coefficient (Wildman–Crippen LogP) is 2.53. The van der Waals surface area contributed by atoms with Crippen LogP contribution in [0.3, 0.4) is 0 Å². The lowest BCUT2D eigenvalue weighted by atomic mass is 10.1. The molecule has 1 saturated heterocycles. The minimum atomic E-state index is -0.336. The molecule has 1 aromatic carbocycles. The molecule has 1 aromatic rings. The van der Waals surface area contributed by atoms with Crippen LogP contribution in [0, 0.1) is 17.1 Å². The number of benzene rings is 1. The molecule has 0 amide bonds. The predicted molar refractivity (Wildman–Crippen MR) is 75.5 cm³/mol. The van der Waals surface area contributed by atoms with Gasteiger partial charge in [-0.25, -0.2) is 4.39 Å². The van der Waals surface area contributed by atoms with E-state index in [0.717, 1.165) is 37.4 Å². The van der Waals surface area contributed by atoms with Crippen LogP contribution in [0.1, 0.15) is 25.0 Å². The first-order chi connectivity index (χ1) is 9.11. The van der Waals surface area contributed by atoms with E-state index in [2.05, 4.69) is 16.3 Å². The zero-order valence-electron chi connectivity index (χ0n) is 11.3. The van der Waals surface area contributed by atoms with Crippen LogP contribution in [-0.2, 0) is 0 Å². The summed E-state index contributed by atoms with van der Waals surface area (Å²) in [6, 6.07) is 5.21. The van der Waals surface area contributed by atoms with Gasteiger partial charge in [0.2, 0.25) is 0 Å². The average Bonchev–Trinajstić information content (AvgIpc) is 2.41. The van der Waals surface area contributed by atoms with Gasteiger partial charge in [0.1, 0.15) is 11.9 Å². The Morgan fingerprint density at radius 2 is 2.05 bits per heavy atom. The SMILES string of the molecule is CC(C)=Cc1cc(N2CCNCC2)c(C#N)cc1F. The van der Waals surface area contributed by atoms with Gasteiger partial charge >= 0.3 is 0 Å². The first kappa shape index (κ1) is 13.6. The van der Waals surface area contributed by atoms with Crippen LogP contribution in [-0.4, -0.2) is 26.2 Å². The number of anilines is 1. The van der Waals surface area contributed by atoms with Crippen molar-refractivity contribution in [3.63, 3.8) is 0 Å². The molecular formula is C15H18FN3. The minimum absolute atomic E-state index is 0.336. The molecule has 0 bridgehead atoms. The molecule has 0 unspecified atom stereocenters. The fourth-order valence-electron chi connectivity index (χ4n) is 2.26. The number of piperazine rings is 1. The maximum Gasteiger partial charge on any atom is 0.131 e. The number of allylic oxidation sites excluding steroid dienone is 1. The van der Waals surface area contributed by atoms with Crippen molar-refractivity contribution < 1.29 is 4.39 Å². The summed E-state index contributed by atoms with van der Waals surface area (Å²) in [5, 5.41) is 12.4. The lowest BCUT2D eigenvalue weighted by Crippen LogP contribution is -2.43. The van der Waals surface area contributed by atoms with Gasteiger partial charge in [-0.15, -0.1) is 0 Å². The van der Waals surface area contributed by atoms with Crippen molar-refractivity contribution in [3.05, 3.63) is 34.6 Å².